The number of carbonyl (C=O) groups is 2. The summed E-state index contributed by atoms with van der Waals surface area (Å²) in [7, 11) is 0. The minimum atomic E-state index is -0.829. The SMILES string of the molecule is O=C(N[C@@H](c1ccccc1)c1cccc(OCC2CCC(C(=O)NCCCNCC(O)c3ccc(O)c4[nH]c(=O)ccc34)CC2)c1)OC1CN2CCC1CC2. The number of alkyl carbamates (subject to hydrolysis) is 1. The Labute approximate surface area is 321 Å². The molecule has 1 saturated carbocycles. The highest BCUT2D eigenvalue weighted by Gasteiger charge is 2.37. The van der Waals surface area contributed by atoms with E-state index in [9.17, 15) is 24.6 Å². The number of aromatic hydroxyl groups is 1. The fourth-order valence-corrected chi connectivity index (χ4v) is 8.40. The van der Waals surface area contributed by atoms with Crippen molar-refractivity contribution in [1.82, 2.24) is 25.8 Å². The second-order valence-electron chi connectivity index (χ2n) is 15.3. The minimum Gasteiger partial charge on any atom is -0.506 e. The molecule has 3 saturated heterocycles. The number of aromatic amines is 1. The molecule has 4 fully saturated rings. The van der Waals surface area contributed by atoms with Crippen LogP contribution in [0, 0.1) is 17.8 Å². The van der Waals surface area contributed by atoms with Gasteiger partial charge in [0.1, 0.15) is 17.6 Å². The Morgan fingerprint density at radius 1 is 0.891 bits per heavy atom. The van der Waals surface area contributed by atoms with Crippen molar-refractivity contribution < 1.29 is 29.3 Å². The minimum absolute atomic E-state index is 0.0120. The third-order valence-corrected chi connectivity index (χ3v) is 11.6. The number of piperidine rings is 3. The van der Waals surface area contributed by atoms with E-state index in [0.717, 1.165) is 75.0 Å². The first-order chi connectivity index (χ1) is 26.8. The molecule has 6 N–H and O–H groups in total. The van der Waals surface area contributed by atoms with Gasteiger partial charge in [0.2, 0.25) is 11.5 Å². The zero-order valence-electron chi connectivity index (χ0n) is 31.3. The topological polar surface area (TPSA) is 165 Å². The van der Waals surface area contributed by atoms with Gasteiger partial charge in [0.05, 0.1) is 24.3 Å². The fraction of sp³-hybridized carbons (Fsp3) is 0.465. The molecule has 2 bridgehead atoms. The normalized spacial score (nSPS) is 23.1. The first-order valence-corrected chi connectivity index (χ1v) is 19.8. The predicted molar refractivity (Wildman–Crippen MR) is 210 cm³/mol. The summed E-state index contributed by atoms with van der Waals surface area (Å²) in [4.78, 5) is 42.8. The van der Waals surface area contributed by atoms with Crippen molar-refractivity contribution in [2.24, 2.45) is 17.8 Å². The quantitative estimate of drug-likeness (QED) is 0.0901. The predicted octanol–water partition coefficient (Wildman–Crippen LogP) is 5.16. The molecule has 0 radical (unpaired) electrons. The van der Waals surface area contributed by atoms with Gasteiger partial charge in [-0.25, -0.2) is 4.79 Å². The van der Waals surface area contributed by atoms with E-state index in [2.05, 4.69) is 25.8 Å². The fourth-order valence-electron chi connectivity index (χ4n) is 8.40. The lowest BCUT2D eigenvalue weighted by atomic mass is 9.82. The van der Waals surface area contributed by atoms with Gasteiger partial charge >= 0.3 is 6.09 Å². The number of phenolic OH excluding ortho intramolecular Hbond substituents is 1. The van der Waals surface area contributed by atoms with E-state index in [1.165, 1.54) is 12.1 Å². The summed E-state index contributed by atoms with van der Waals surface area (Å²) in [5.74, 6) is 1.57. The van der Waals surface area contributed by atoms with Crippen LogP contribution in [-0.2, 0) is 9.53 Å². The molecule has 1 aliphatic carbocycles. The number of hydrogen-bond donors (Lipinski definition) is 6. The molecule has 3 atom stereocenters. The van der Waals surface area contributed by atoms with Gasteiger partial charge in [-0.15, -0.1) is 0 Å². The number of phenols is 1. The number of pyridine rings is 1. The van der Waals surface area contributed by atoms with Crippen LogP contribution in [0.3, 0.4) is 0 Å². The number of hydrogen-bond acceptors (Lipinski definition) is 9. The van der Waals surface area contributed by atoms with Gasteiger partial charge in [0, 0.05) is 37.0 Å². The van der Waals surface area contributed by atoms with Gasteiger partial charge in [0.15, 0.2) is 0 Å². The number of aliphatic hydroxyl groups excluding tert-OH is 1. The Morgan fingerprint density at radius 3 is 2.44 bits per heavy atom. The van der Waals surface area contributed by atoms with Crippen LogP contribution < -0.4 is 26.2 Å². The monoisotopic (exact) mass is 751 g/mol. The summed E-state index contributed by atoms with van der Waals surface area (Å²) in [6.45, 7) is 5.01. The zero-order valence-corrected chi connectivity index (χ0v) is 31.3. The lowest BCUT2D eigenvalue weighted by Crippen LogP contribution is -2.52. The first-order valence-electron chi connectivity index (χ1n) is 19.8. The average Bonchev–Trinajstić information content (AvgIpc) is 3.21. The molecule has 1 aromatic heterocycles. The Hall–Kier alpha value is -4.91. The van der Waals surface area contributed by atoms with Gasteiger partial charge < -0.3 is 40.6 Å². The van der Waals surface area contributed by atoms with E-state index in [1.54, 1.807) is 12.1 Å². The lowest BCUT2D eigenvalue weighted by molar-refractivity contribution is -0.126. The number of rotatable bonds is 15. The summed E-state index contributed by atoms with van der Waals surface area (Å²) < 4.78 is 12.3. The van der Waals surface area contributed by atoms with Gasteiger partial charge in [-0.1, -0.05) is 48.5 Å². The van der Waals surface area contributed by atoms with Gasteiger partial charge in [-0.3, -0.25) is 14.5 Å². The molecule has 3 aromatic carbocycles. The maximum Gasteiger partial charge on any atom is 0.408 e. The van der Waals surface area contributed by atoms with Crippen molar-refractivity contribution >= 4 is 22.9 Å². The molecule has 292 valence electrons. The molecule has 4 heterocycles. The number of amides is 2. The molecule has 2 amide bonds. The maximum absolute atomic E-state index is 13.2. The molecule has 8 rings (SSSR count). The number of nitrogens with zero attached hydrogens (tertiary/aromatic N) is 1. The second-order valence-corrected chi connectivity index (χ2v) is 15.3. The molecule has 3 aliphatic heterocycles. The van der Waals surface area contributed by atoms with Crippen molar-refractivity contribution in [2.75, 3.05) is 45.9 Å². The van der Waals surface area contributed by atoms with Gasteiger partial charge in [-0.2, -0.15) is 0 Å². The Morgan fingerprint density at radius 2 is 1.67 bits per heavy atom. The Bertz CT molecular complexity index is 1960. The number of aromatic nitrogens is 1. The number of carbonyl (C=O) groups excluding carboxylic acids is 2. The number of aliphatic hydroxyl groups is 1. The third kappa shape index (κ3) is 9.86. The van der Waals surface area contributed by atoms with Gasteiger partial charge in [0.25, 0.3) is 0 Å². The van der Waals surface area contributed by atoms with E-state index < -0.39 is 12.2 Å². The van der Waals surface area contributed by atoms with Crippen molar-refractivity contribution in [3.8, 4) is 11.5 Å². The maximum atomic E-state index is 13.2. The number of nitrogens with one attached hydrogen (secondary N) is 4. The number of ether oxygens (including phenoxy) is 2. The smallest absolute Gasteiger partial charge is 0.408 e. The van der Waals surface area contributed by atoms with E-state index in [0.29, 0.717) is 61.0 Å². The van der Waals surface area contributed by atoms with Crippen molar-refractivity contribution in [1.29, 1.82) is 0 Å². The molecule has 12 nitrogen and oxygen atoms in total. The van der Waals surface area contributed by atoms with Gasteiger partial charge in [-0.05, 0) is 117 Å². The Balaban J connectivity index is 0.821. The second kappa shape index (κ2) is 18.1. The highest BCUT2D eigenvalue weighted by molar-refractivity contribution is 5.87. The van der Waals surface area contributed by atoms with Crippen LogP contribution in [0.25, 0.3) is 10.9 Å². The molecular weight excluding hydrogens is 699 g/mol. The van der Waals surface area contributed by atoms with Crippen LogP contribution in [0.1, 0.15) is 73.8 Å². The van der Waals surface area contributed by atoms with Crippen molar-refractivity contribution in [3.63, 3.8) is 0 Å². The van der Waals surface area contributed by atoms with Crippen LogP contribution in [0.5, 0.6) is 11.5 Å². The first kappa shape index (κ1) is 38.4. The van der Waals surface area contributed by atoms with E-state index in [4.69, 9.17) is 9.47 Å². The third-order valence-electron chi connectivity index (χ3n) is 11.6. The van der Waals surface area contributed by atoms with E-state index in [1.807, 2.05) is 54.6 Å². The summed E-state index contributed by atoms with van der Waals surface area (Å²) >= 11 is 0. The molecule has 12 heteroatoms. The molecule has 4 aromatic rings. The Kier molecular flexibility index (Phi) is 12.7. The largest absolute Gasteiger partial charge is 0.506 e. The highest BCUT2D eigenvalue weighted by Crippen LogP contribution is 2.33. The van der Waals surface area contributed by atoms with Crippen LogP contribution in [0.2, 0.25) is 0 Å². The van der Waals surface area contributed by atoms with Crippen LogP contribution in [0.4, 0.5) is 4.79 Å². The summed E-state index contributed by atoms with van der Waals surface area (Å²) in [5, 5.41) is 30.9. The van der Waals surface area contributed by atoms with Crippen LogP contribution in [0.15, 0.2) is 83.7 Å². The van der Waals surface area contributed by atoms with Crippen molar-refractivity contribution in [2.45, 2.75) is 63.2 Å². The number of benzene rings is 3. The highest BCUT2D eigenvalue weighted by atomic mass is 16.6. The summed E-state index contributed by atoms with van der Waals surface area (Å²) in [6.07, 6.45) is 5.04. The summed E-state index contributed by atoms with van der Waals surface area (Å²) in [5.41, 5.74) is 2.49. The summed E-state index contributed by atoms with van der Waals surface area (Å²) in [6, 6.07) is 23.6. The molecule has 55 heavy (non-hydrogen) atoms. The number of H-pyrrole nitrogens is 1. The van der Waals surface area contributed by atoms with E-state index >= 15 is 0 Å². The van der Waals surface area contributed by atoms with Crippen LogP contribution in [-0.4, -0.2) is 84.1 Å². The van der Waals surface area contributed by atoms with Crippen LogP contribution >= 0.6 is 0 Å². The average molecular weight is 752 g/mol. The lowest BCUT2D eigenvalue weighted by Gasteiger charge is -2.43. The van der Waals surface area contributed by atoms with E-state index in [-0.39, 0.29) is 35.3 Å². The molecule has 2 unspecified atom stereocenters. The zero-order chi connectivity index (χ0) is 38.1. The molecular formula is C43H53N5O7. The number of fused-ring (bicyclic) bond motifs is 4. The standard InChI is InChI=1S/C43H53N5O7/c49-36-16-14-34(35-15-17-39(51)46-41(35)36)37(50)25-44-20-5-21-45-42(52)31-12-10-28(11-13-31)27-54-33-9-4-8-32(24-33)40(30-6-2-1-3-7-30)47-43(53)55-38-26-48-22-18-29(38)19-23-48/h1-4,6-9,14-17,24,28-29,31,37-38,40,44,49-50H,5,10-13,18-23,25-27H2,(H,45,52)(H,46,51)(H,47,53)/t28?,31?,37?,38?,40-/m0/s1. The van der Waals surface area contributed by atoms with Crippen molar-refractivity contribution in [3.05, 3.63) is 106 Å². The molecule has 4 aliphatic rings. The molecule has 0 spiro atoms.